The van der Waals surface area contributed by atoms with Gasteiger partial charge in [-0.05, 0) is 37.2 Å². The minimum Gasteiger partial charge on any atom is -0.355 e. The number of aromatic amines is 1. The van der Waals surface area contributed by atoms with Crippen LogP contribution in [0.15, 0.2) is 42.5 Å². The molecule has 0 bridgehead atoms. The van der Waals surface area contributed by atoms with E-state index < -0.39 is 0 Å². The predicted molar refractivity (Wildman–Crippen MR) is 91.7 cm³/mol. The molecular weight excluding hydrogens is 256 g/mol. The van der Waals surface area contributed by atoms with Gasteiger partial charge in [0.2, 0.25) is 0 Å². The van der Waals surface area contributed by atoms with Crippen LogP contribution in [0.3, 0.4) is 0 Å². The minimum atomic E-state index is 0.453. The molecule has 0 radical (unpaired) electrons. The van der Waals surface area contributed by atoms with Crippen molar-refractivity contribution in [3.05, 3.63) is 48.0 Å². The molecule has 0 spiro atoms. The molecule has 1 aromatic heterocycles. The van der Waals surface area contributed by atoms with E-state index in [9.17, 15) is 0 Å². The third-order valence-corrected chi connectivity index (χ3v) is 4.38. The summed E-state index contributed by atoms with van der Waals surface area (Å²) in [4.78, 5) is 3.49. The van der Waals surface area contributed by atoms with Crippen LogP contribution in [0.25, 0.3) is 21.8 Å². The van der Waals surface area contributed by atoms with Crippen molar-refractivity contribution >= 4 is 21.8 Å². The van der Waals surface area contributed by atoms with Gasteiger partial charge in [-0.25, -0.2) is 0 Å². The van der Waals surface area contributed by atoms with E-state index >= 15 is 0 Å². The summed E-state index contributed by atoms with van der Waals surface area (Å²) >= 11 is 0. The Morgan fingerprint density at radius 3 is 2.62 bits per heavy atom. The zero-order valence-electron chi connectivity index (χ0n) is 12.9. The molecular formula is C19H24N2. The lowest BCUT2D eigenvalue weighted by Gasteiger charge is -2.16. The molecule has 0 amide bonds. The lowest BCUT2D eigenvalue weighted by atomic mass is 9.98. The van der Waals surface area contributed by atoms with E-state index in [1.165, 1.54) is 53.1 Å². The number of unbranched alkanes of at least 4 members (excludes halogenated alkanes) is 2. The topological polar surface area (TPSA) is 27.8 Å². The average molecular weight is 280 g/mol. The van der Waals surface area contributed by atoms with Crippen LogP contribution in [-0.2, 0) is 0 Å². The van der Waals surface area contributed by atoms with Gasteiger partial charge < -0.3 is 10.3 Å². The minimum absolute atomic E-state index is 0.453. The Morgan fingerprint density at radius 2 is 1.81 bits per heavy atom. The number of aromatic nitrogens is 1. The molecule has 3 rings (SSSR count). The van der Waals surface area contributed by atoms with Gasteiger partial charge in [0, 0.05) is 27.8 Å². The first-order valence-electron chi connectivity index (χ1n) is 8.01. The van der Waals surface area contributed by atoms with Gasteiger partial charge in [-0.1, -0.05) is 50.5 Å². The highest BCUT2D eigenvalue weighted by atomic mass is 14.9. The first kappa shape index (κ1) is 14.2. The Morgan fingerprint density at radius 1 is 1.00 bits per heavy atom. The molecule has 2 nitrogen and oxygen atoms in total. The van der Waals surface area contributed by atoms with Crippen molar-refractivity contribution in [1.29, 1.82) is 0 Å². The SMILES string of the molecule is CCCCCC(NC)c1ccc2[nH]c3ccccc3c2c1. The summed E-state index contributed by atoms with van der Waals surface area (Å²) in [5.74, 6) is 0. The van der Waals surface area contributed by atoms with E-state index in [2.05, 4.69) is 66.7 Å². The van der Waals surface area contributed by atoms with Crippen molar-refractivity contribution in [2.45, 2.75) is 38.6 Å². The molecule has 110 valence electrons. The van der Waals surface area contributed by atoms with Crippen molar-refractivity contribution in [3.63, 3.8) is 0 Å². The molecule has 0 saturated carbocycles. The number of nitrogens with one attached hydrogen (secondary N) is 2. The van der Waals surface area contributed by atoms with E-state index in [-0.39, 0.29) is 0 Å². The fourth-order valence-electron chi connectivity index (χ4n) is 3.16. The van der Waals surface area contributed by atoms with Crippen LogP contribution in [0, 0.1) is 0 Å². The largest absolute Gasteiger partial charge is 0.355 e. The van der Waals surface area contributed by atoms with Crippen molar-refractivity contribution in [3.8, 4) is 0 Å². The van der Waals surface area contributed by atoms with Gasteiger partial charge >= 0.3 is 0 Å². The monoisotopic (exact) mass is 280 g/mol. The number of hydrogen-bond donors (Lipinski definition) is 2. The highest BCUT2D eigenvalue weighted by Gasteiger charge is 2.11. The number of fused-ring (bicyclic) bond motifs is 3. The third-order valence-electron chi connectivity index (χ3n) is 4.38. The fourth-order valence-corrected chi connectivity index (χ4v) is 3.16. The van der Waals surface area contributed by atoms with Gasteiger partial charge in [0.1, 0.15) is 0 Å². The first-order chi connectivity index (χ1) is 10.3. The Balaban J connectivity index is 1.96. The van der Waals surface area contributed by atoms with E-state index in [1.54, 1.807) is 0 Å². The molecule has 0 aliphatic rings. The van der Waals surface area contributed by atoms with Crippen LogP contribution in [0.1, 0.15) is 44.2 Å². The number of H-pyrrole nitrogens is 1. The van der Waals surface area contributed by atoms with E-state index in [0.29, 0.717) is 6.04 Å². The Labute approximate surface area is 126 Å². The van der Waals surface area contributed by atoms with Crippen molar-refractivity contribution in [1.82, 2.24) is 10.3 Å². The number of benzene rings is 2. The summed E-state index contributed by atoms with van der Waals surface area (Å²) in [5.41, 5.74) is 3.84. The van der Waals surface area contributed by atoms with Crippen LogP contribution in [0.4, 0.5) is 0 Å². The molecule has 0 aliphatic carbocycles. The Kier molecular flexibility index (Phi) is 4.26. The van der Waals surface area contributed by atoms with Crippen molar-refractivity contribution in [2.24, 2.45) is 0 Å². The predicted octanol–water partition coefficient (Wildman–Crippen LogP) is 5.16. The van der Waals surface area contributed by atoms with Gasteiger partial charge in [-0.15, -0.1) is 0 Å². The van der Waals surface area contributed by atoms with Crippen molar-refractivity contribution < 1.29 is 0 Å². The van der Waals surface area contributed by atoms with Crippen LogP contribution in [0.2, 0.25) is 0 Å². The molecule has 2 heteroatoms. The fraction of sp³-hybridized carbons (Fsp3) is 0.368. The second-order valence-electron chi connectivity index (χ2n) is 5.81. The smallest absolute Gasteiger partial charge is 0.0465 e. The van der Waals surface area contributed by atoms with Crippen molar-refractivity contribution in [2.75, 3.05) is 7.05 Å². The molecule has 21 heavy (non-hydrogen) atoms. The molecule has 2 aromatic carbocycles. The van der Waals surface area contributed by atoms with Crippen LogP contribution >= 0.6 is 0 Å². The highest BCUT2D eigenvalue weighted by molar-refractivity contribution is 6.07. The van der Waals surface area contributed by atoms with Crippen LogP contribution in [-0.4, -0.2) is 12.0 Å². The number of hydrogen-bond acceptors (Lipinski definition) is 1. The van der Waals surface area contributed by atoms with Crippen LogP contribution in [0.5, 0.6) is 0 Å². The Hall–Kier alpha value is -1.80. The van der Waals surface area contributed by atoms with Gasteiger partial charge in [0.15, 0.2) is 0 Å². The quantitative estimate of drug-likeness (QED) is 0.600. The van der Waals surface area contributed by atoms with Crippen LogP contribution < -0.4 is 5.32 Å². The van der Waals surface area contributed by atoms with Gasteiger partial charge in [0.25, 0.3) is 0 Å². The molecule has 0 fully saturated rings. The van der Waals surface area contributed by atoms with Gasteiger partial charge in [-0.3, -0.25) is 0 Å². The first-order valence-corrected chi connectivity index (χ1v) is 8.01. The maximum Gasteiger partial charge on any atom is 0.0465 e. The van der Waals surface area contributed by atoms with E-state index in [0.717, 1.165) is 0 Å². The summed E-state index contributed by atoms with van der Waals surface area (Å²) < 4.78 is 0. The summed E-state index contributed by atoms with van der Waals surface area (Å²) in [6.45, 7) is 2.26. The second kappa shape index (κ2) is 6.31. The molecule has 1 unspecified atom stereocenters. The summed E-state index contributed by atoms with van der Waals surface area (Å²) in [6, 6.07) is 15.8. The number of rotatable bonds is 6. The summed E-state index contributed by atoms with van der Waals surface area (Å²) in [7, 11) is 2.07. The standard InChI is InChI=1S/C19H24N2/c1-3-4-5-9-17(20-2)14-11-12-19-16(13-14)15-8-6-7-10-18(15)21-19/h6-8,10-13,17,20-21H,3-5,9H2,1-2H3. The molecule has 2 N–H and O–H groups in total. The van der Waals surface area contributed by atoms with E-state index in [1.807, 2.05) is 0 Å². The number of para-hydroxylation sites is 1. The summed E-state index contributed by atoms with van der Waals surface area (Å²) in [5, 5.41) is 6.12. The third kappa shape index (κ3) is 2.81. The molecule has 1 atom stereocenters. The zero-order chi connectivity index (χ0) is 14.7. The normalized spacial score (nSPS) is 13.0. The zero-order valence-corrected chi connectivity index (χ0v) is 12.9. The van der Waals surface area contributed by atoms with Gasteiger partial charge in [0.05, 0.1) is 0 Å². The van der Waals surface area contributed by atoms with Gasteiger partial charge in [-0.2, -0.15) is 0 Å². The lowest BCUT2D eigenvalue weighted by Crippen LogP contribution is -2.16. The average Bonchev–Trinajstić information content (AvgIpc) is 2.89. The Bertz CT molecular complexity index is 727. The molecule has 3 aromatic rings. The summed E-state index contributed by atoms with van der Waals surface area (Å²) in [6.07, 6.45) is 5.08. The molecule has 0 saturated heterocycles. The maximum atomic E-state index is 3.49. The van der Waals surface area contributed by atoms with E-state index in [4.69, 9.17) is 0 Å². The molecule has 1 heterocycles. The second-order valence-corrected chi connectivity index (χ2v) is 5.81. The molecule has 0 aliphatic heterocycles. The lowest BCUT2D eigenvalue weighted by molar-refractivity contribution is 0.512. The highest BCUT2D eigenvalue weighted by Crippen LogP contribution is 2.29. The maximum absolute atomic E-state index is 3.49.